The van der Waals surface area contributed by atoms with Crippen molar-refractivity contribution in [2.24, 2.45) is 0 Å². The van der Waals surface area contributed by atoms with Gasteiger partial charge in [0, 0.05) is 5.57 Å². The summed E-state index contributed by atoms with van der Waals surface area (Å²) in [6.45, 7) is 5.86. The molecule has 116 valence electrons. The minimum absolute atomic E-state index is 0.349. The lowest BCUT2D eigenvalue weighted by Gasteiger charge is -2.14. The Morgan fingerprint density at radius 1 is 1.10 bits per heavy atom. The van der Waals surface area contributed by atoms with E-state index in [1.54, 1.807) is 28.3 Å². The van der Waals surface area contributed by atoms with Crippen molar-refractivity contribution in [3.05, 3.63) is 29.8 Å². The highest BCUT2D eigenvalue weighted by molar-refractivity contribution is 5.87. The summed E-state index contributed by atoms with van der Waals surface area (Å²) in [5, 5.41) is 0. The number of carbonyl (C=O) groups excluding carboxylic acids is 1. The fraction of sp³-hybridized carbons (Fsp3) is 0.438. The average molecular weight is 294 g/mol. The quantitative estimate of drug-likeness (QED) is 0.545. The van der Waals surface area contributed by atoms with E-state index in [-0.39, 0.29) is 5.97 Å². The third kappa shape index (κ3) is 4.41. The van der Waals surface area contributed by atoms with Gasteiger partial charge in [-0.15, -0.1) is 0 Å². The molecule has 0 radical (unpaired) electrons. The van der Waals surface area contributed by atoms with E-state index in [0.717, 1.165) is 5.56 Å². The number of methoxy groups -OCH3 is 3. The molecule has 0 saturated carbocycles. The molecule has 0 amide bonds. The van der Waals surface area contributed by atoms with E-state index >= 15 is 0 Å². The molecule has 1 rings (SSSR count). The van der Waals surface area contributed by atoms with Crippen molar-refractivity contribution < 1.29 is 23.7 Å². The number of carbonyl (C=O) groups is 1. The van der Waals surface area contributed by atoms with Crippen LogP contribution in [0.4, 0.5) is 0 Å². The lowest BCUT2D eigenvalue weighted by atomic mass is 10.0. The van der Waals surface area contributed by atoms with Crippen molar-refractivity contribution in [1.29, 1.82) is 0 Å². The van der Waals surface area contributed by atoms with Gasteiger partial charge < -0.3 is 18.9 Å². The van der Waals surface area contributed by atoms with Crippen LogP contribution in [0.3, 0.4) is 0 Å². The maximum Gasteiger partial charge on any atom is 0.333 e. The van der Waals surface area contributed by atoms with E-state index in [1.807, 2.05) is 12.1 Å². The molecule has 5 nitrogen and oxygen atoms in total. The summed E-state index contributed by atoms with van der Waals surface area (Å²) < 4.78 is 20.8. The number of aryl methyl sites for hydroxylation is 1. The number of hydrogen-bond acceptors (Lipinski definition) is 5. The molecule has 0 aliphatic carbocycles. The van der Waals surface area contributed by atoms with E-state index in [4.69, 9.17) is 18.9 Å². The lowest BCUT2D eigenvalue weighted by Crippen LogP contribution is -2.07. The van der Waals surface area contributed by atoms with Crippen LogP contribution in [-0.4, -0.2) is 33.9 Å². The molecule has 0 fully saturated rings. The Balaban J connectivity index is 2.84. The van der Waals surface area contributed by atoms with Crippen LogP contribution < -0.4 is 14.2 Å². The molecule has 1 aromatic rings. The Morgan fingerprint density at radius 2 is 1.67 bits per heavy atom. The summed E-state index contributed by atoms with van der Waals surface area (Å²) in [5.41, 5.74) is 1.42. The molecule has 0 unspecified atom stereocenters. The van der Waals surface area contributed by atoms with Gasteiger partial charge in [-0.1, -0.05) is 6.58 Å². The summed E-state index contributed by atoms with van der Waals surface area (Å²) >= 11 is 0. The van der Waals surface area contributed by atoms with E-state index in [0.29, 0.717) is 42.3 Å². The van der Waals surface area contributed by atoms with Crippen molar-refractivity contribution >= 4 is 5.97 Å². The molecular weight excluding hydrogens is 272 g/mol. The molecule has 0 aliphatic heterocycles. The standard InChI is InChI=1S/C16H22O5/c1-6-21-16(17)11(2)7-8-12-9-13(18-3)15(20-5)14(10-12)19-4/h9-10H,2,6-8H2,1,3-5H3. The highest BCUT2D eigenvalue weighted by Gasteiger charge is 2.14. The number of rotatable bonds is 8. The average Bonchev–Trinajstić information content (AvgIpc) is 2.51. The molecule has 0 atom stereocenters. The Bertz CT molecular complexity index is 482. The Morgan fingerprint density at radius 3 is 2.10 bits per heavy atom. The van der Waals surface area contributed by atoms with Gasteiger partial charge in [0.15, 0.2) is 11.5 Å². The number of esters is 1. The van der Waals surface area contributed by atoms with Gasteiger partial charge in [0.25, 0.3) is 0 Å². The molecular formula is C16H22O5. The van der Waals surface area contributed by atoms with E-state index in [2.05, 4.69) is 6.58 Å². The van der Waals surface area contributed by atoms with Crippen molar-refractivity contribution in [3.8, 4) is 17.2 Å². The van der Waals surface area contributed by atoms with Gasteiger partial charge in [-0.2, -0.15) is 0 Å². The Hall–Kier alpha value is -2.17. The van der Waals surface area contributed by atoms with Crippen LogP contribution in [0, 0.1) is 0 Å². The maximum atomic E-state index is 11.5. The summed E-state index contributed by atoms with van der Waals surface area (Å²) in [6, 6.07) is 3.72. The molecule has 0 heterocycles. The topological polar surface area (TPSA) is 54.0 Å². The van der Waals surface area contributed by atoms with Crippen LogP contribution in [0.2, 0.25) is 0 Å². The second-order valence-electron chi connectivity index (χ2n) is 4.36. The molecule has 5 heteroatoms. The number of hydrogen-bond donors (Lipinski definition) is 0. The van der Waals surface area contributed by atoms with Crippen LogP contribution in [0.25, 0.3) is 0 Å². The van der Waals surface area contributed by atoms with Crippen molar-refractivity contribution in [2.75, 3.05) is 27.9 Å². The number of ether oxygens (including phenoxy) is 4. The molecule has 0 spiro atoms. The van der Waals surface area contributed by atoms with Crippen LogP contribution in [0.5, 0.6) is 17.2 Å². The zero-order valence-corrected chi connectivity index (χ0v) is 13.0. The predicted octanol–water partition coefficient (Wildman–Crippen LogP) is 2.76. The fourth-order valence-corrected chi connectivity index (χ4v) is 1.91. The fourth-order valence-electron chi connectivity index (χ4n) is 1.91. The molecule has 0 N–H and O–H groups in total. The van der Waals surface area contributed by atoms with Gasteiger partial charge in [-0.05, 0) is 37.5 Å². The van der Waals surface area contributed by atoms with E-state index in [9.17, 15) is 4.79 Å². The van der Waals surface area contributed by atoms with Crippen molar-refractivity contribution in [3.63, 3.8) is 0 Å². The highest BCUT2D eigenvalue weighted by Crippen LogP contribution is 2.38. The second kappa shape index (κ2) is 8.19. The normalized spacial score (nSPS) is 9.90. The van der Waals surface area contributed by atoms with Crippen LogP contribution in [0.1, 0.15) is 18.9 Å². The van der Waals surface area contributed by atoms with E-state index in [1.165, 1.54) is 0 Å². The first-order valence-electron chi connectivity index (χ1n) is 6.71. The lowest BCUT2D eigenvalue weighted by molar-refractivity contribution is -0.138. The molecule has 0 bridgehead atoms. The third-order valence-corrected chi connectivity index (χ3v) is 3.00. The maximum absolute atomic E-state index is 11.5. The molecule has 1 aromatic carbocycles. The van der Waals surface area contributed by atoms with Gasteiger partial charge in [0.1, 0.15) is 0 Å². The summed E-state index contributed by atoms with van der Waals surface area (Å²) in [6.07, 6.45) is 1.14. The highest BCUT2D eigenvalue weighted by atomic mass is 16.5. The van der Waals surface area contributed by atoms with Crippen molar-refractivity contribution in [2.45, 2.75) is 19.8 Å². The van der Waals surface area contributed by atoms with Crippen LogP contribution >= 0.6 is 0 Å². The Labute approximate surface area is 125 Å². The molecule has 0 aromatic heterocycles. The van der Waals surface area contributed by atoms with Gasteiger partial charge >= 0.3 is 5.97 Å². The minimum atomic E-state index is -0.357. The summed E-state index contributed by atoms with van der Waals surface area (Å²) in [4.78, 5) is 11.5. The Kier molecular flexibility index (Phi) is 6.59. The minimum Gasteiger partial charge on any atom is -0.493 e. The molecule has 21 heavy (non-hydrogen) atoms. The third-order valence-electron chi connectivity index (χ3n) is 3.00. The van der Waals surface area contributed by atoms with Crippen molar-refractivity contribution in [1.82, 2.24) is 0 Å². The van der Waals surface area contributed by atoms with Gasteiger partial charge in [-0.3, -0.25) is 0 Å². The SMILES string of the molecule is C=C(CCc1cc(OC)c(OC)c(OC)c1)C(=O)OCC. The predicted molar refractivity (Wildman–Crippen MR) is 80.2 cm³/mol. The zero-order chi connectivity index (χ0) is 15.8. The van der Waals surface area contributed by atoms with E-state index < -0.39 is 0 Å². The molecule has 0 saturated heterocycles. The first kappa shape index (κ1) is 16.9. The van der Waals surface area contributed by atoms with Gasteiger partial charge in [0.2, 0.25) is 5.75 Å². The number of benzene rings is 1. The van der Waals surface area contributed by atoms with Crippen LogP contribution in [-0.2, 0) is 16.0 Å². The second-order valence-corrected chi connectivity index (χ2v) is 4.36. The first-order chi connectivity index (χ1) is 10.1. The zero-order valence-electron chi connectivity index (χ0n) is 13.0. The summed E-state index contributed by atoms with van der Waals surface area (Å²) in [7, 11) is 4.69. The smallest absolute Gasteiger partial charge is 0.333 e. The molecule has 0 aliphatic rings. The van der Waals surface area contributed by atoms with Gasteiger partial charge in [0.05, 0.1) is 27.9 Å². The largest absolute Gasteiger partial charge is 0.493 e. The van der Waals surface area contributed by atoms with Crippen LogP contribution in [0.15, 0.2) is 24.3 Å². The van der Waals surface area contributed by atoms with Gasteiger partial charge in [-0.25, -0.2) is 4.79 Å². The monoisotopic (exact) mass is 294 g/mol. The summed E-state index contributed by atoms with van der Waals surface area (Å²) in [5.74, 6) is 1.38. The first-order valence-corrected chi connectivity index (χ1v) is 6.71.